The summed E-state index contributed by atoms with van der Waals surface area (Å²) in [6.07, 6.45) is 1.63. The molecule has 130 valence electrons. The Balaban J connectivity index is 1.36. The Kier molecular flexibility index (Phi) is 4.89. The van der Waals surface area contributed by atoms with Crippen LogP contribution < -0.4 is 4.90 Å². The normalized spacial score (nSPS) is 15.7. The number of anilines is 1. The van der Waals surface area contributed by atoms with Crippen LogP contribution in [0, 0.1) is 0 Å². The minimum atomic E-state index is 0.547. The summed E-state index contributed by atoms with van der Waals surface area (Å²) in [5.41, 5.74) is 0. The average Bonchev–Trinajstić information content (AvgIpc) is 3.27. The summed E-state index contributed by atoms with van der Waals surface area (Å²) < 4.78 is 5.34. The van der Waals surface area contributed by atoms with Crippen LogP contribution in [-0.4, -0.2) is 46.2 Å². The van der Waals surface area contributed by atoms with Gasteiger partial charge in [-0.1, -0.05) is 34.4 Å². The van der Waals surface area contributed by atoms with Crippen LogP contribution in [-0.2, 0) is 6.54 Å². The Hall–Kier alpha value is -1.67. The standard InChI is InChI=1S/C16H15Cl2N5OS/c17-11-8-12(18)15(19-9-11)23-5-3-22(4-6-23)10-14-20-16(24-21-14)13-2-1-7-25-13/h1-2,7-9H,3-6,10H2. The third-order valence-electron chi connectivity index (χ3n) is 4.03. The molecule has 0 aromatic carbocycles. The third kappa shape index (κ3) is 3.79. The van der Waals surface area contributed by atoms with Gasteiger partial charge in [0.05, 0.1) is 21.5 Å². The van der Waals surface area contributed by atoms with Crippen molar-refractivity contribution in [1.82, 2.24) is 20.0 Å². The highest BCUT2D eigenvalue weighted by atomic mass is 35.5. The zero-order valence-corrected chi connectivity index (χ0v) is 15.6. The SMILES string of the molecule is Clc1cnc(N2CCN(Cc3noc(-c4cccs4)n3)CC2)c(Cl)c1. The van der Waals surface area contributed by atoms with Gasteiger partial charge in [-0.25, -0.2) is 4.98 Å². The van der Waals surface area contributed by atoms with E-state index in [9.17, 15) is 0 Å². The zero-order valence-electron chi connectivity index (χ0n) is 13.2. The second kappa shape index (κ2) is 7.29. The highest BCUT2D eigenvalue weighted by Gasteiger charge is 2.21. The summed E-state index contributed by atoms with van der Waals surface area (Å²) >= 11 is 13.7. The maximum absolute atomic E-state index is 6.25. The molecule has 4 rings (SSSR count). The van der Waals surface area contributed by atoms with Gasteiger partial charge in [0, 0.05) is 32.4 Å². The Morgan fingerprint density at radius 3 is 2.76 bits per heavy atom. The Morgan fingerprint density at radius 2 is 2.04 bits per heavy atom. The average molecular weight is 396 g/mol. The number of thiophene rings is 1. The molecule has 0 N–H and O–H groups in total. The Morgan fingerprint density at radius 1 is 1.20 bits per heavy atom. The van der Waals surface area contributed by atoms with Crippen LogP contribution in [0.5, 0.6) is 0 Å². The van der Waals surface area contributed by atoms with Gasteiger partial charge in [0.25, 0.3) is 5.89 Å². The predicted octanol–water partition coefficient (Wildman–Crippen LogP) is 3.82. The molecule has 6 nitrogen and oxygen atoms in total. The molecule has 4 heterocycles. The van der Waals surface area contributed by atoms with Crippen molar-refractivity contribution in [2.45, 2.75) is 6.54 Å². The lowest BCUT2D eigenvalue weighted by atomic mass is 10.3. The molecule has 1 fully saturated rings. The molecular weight excluding hydrogens is 381 g/mol. The molecule has 25 heavy (non-hydrogen) atoms. The van der Waals surface area contributed by atoms with Crippen LogP contribution in [0.2, 0.25) is 10.0 Å². The molecule has 0 atom stereocenters. The lowest BCUT2D eigenvalue weighted by molar-refractivity contribution is 0.240. The van der Waals surface area contributed by atoms with Gasteiger partial charge in [0.15, 0.2) is 5.82 Å². The third-order valence-corrected chi connectivity index (χ3v) is 5.37. The smallest absolute Gasteiger partial charge is 0.268 e. The first-order valence-electron chi connectivity index (χ1n) is 7.84. The zero-order chi connectivity index (χ0) is 17.2. The fourth-order valence-corrected chi connectivity index (χ4v) is 3.92. The second-order valence-electron chi connectivity index (χ2n) is 5.72. The van der Waals surface area contributed by atoms with Crippen molar-refractivity contribution in [3.8, 4) is 10.8 Å². The molecule has 1 saturated heterocycles. The van der Waals surface area contributed by atoms with Crippen LogP contribution in [0.1, 0.15) is 5.82 Å². The van der Waals surface area contributed by atoms with E-state index in [-0.39, 0.29) is 0 Å². The van der Waals surface area contributed by atoms with Crippen molar-refractivity contribution in [2.75, 3.05) is 31.1 Å². The van der Waals surface area contributed by atoms with Crippen molar-refractivity contribution in [3.63, 3.8) is 0 Å². The van der Waals surface area contributed by atoms with Gasteiger partial charge in [-0.2, -0.15) is 4.98 Å². The number of hydrogen-bond donors (Lipinski definition) is 0. The highest BCUT2D eigenvalue weighted by Crippen LogP contribution is 2.27. The minimum absolute atomic E-state index is 0.547. The fourth-order valence-electron chi connectivity index (χ4n) is 2.78. The molecule has 0 radical (unpaired) electrons. The van der Waals surface area contributed by atoms with Crippen LogP contribution >= 0.6 is 34.5 Å². The van der Waals surface area contributed by atoms with Crippen LogP contribution in [0.3, 0.4) is 0 Å². The summed E-state index contributed by atoms with van der Waals surface area (Å²) in [6, 6.07) is 5.67. The number of halogens is 2. The number of nitrogens with zero attached hydrogens (tertiary/aromatic N) is 5. The fraction of sp³-hybridized carbons (Fsp3) is 0.312. The molecule has 0 bridgehead atoms. The van der Waals surface area contributed by atoms with E-state index in [1.54, 1.807) is 23.6 Å². The summed E-state index contributed by atoms with van der Waals surface area (Å²) in [4.78, 5) is 14.3. The molecule has 0 unspecified atom stereocenters. The van der Waals surface area contributed by atoms with Crippen molar-refractivity contribution < 1.29 is 4.52 Å². The molecule has 0 spiro atoms. The molecule has 0 saturated carbocycles. The summed E-state index contributed by atoms with van der Waals surface area (Å²) in [5, 5.41) is 7.21. The van der Waals surface area contributed by atoms with E-state index in [1.165, 1.54) is 0 Å². The summed E-state index contributed by atoms with van der Waals surface area (Å²) in [7, 11) is 0. The summed E-state index contributed by atoms with van der Waals surface area (Å²) in [5.74, 6) is 2.07. The number of aromatic nitrogens is 3. The van der Waals surface area contributed by atoms with Crippen LogP contribution in [0.15, 0.2) is 34.3 Å². The molecule has 1 aliphatic rings. The molecule has 1 aliphatic heterocycles. The van der Waals surface area contributed by atoms with Crippen molar-refractivity contribution >= 4 is 40.4 Å². The molecule has 9 heteroatoms. The maximum Gasteiger partial charge on any atom is 0.268 e. The first kappa shape index (κ1) is 16.8. The van der Waals surface area contributed by atoms with Gasteiger partial charge in [0.2, 0.25) is 0 Å². The number of piperazine rings is 1. The van der Waals surface area contributed by atoms with Gasteiger partial charge in [0.1, 0.15) is 5.82 Å². The van der Waals surface area contributed by atoms with E-state index in [0.29, 0.717) is 28.3 Å². The second-order valence-corrected chi connectivity index (χ2v) is 7.51. The number of rotatable bonds is 4. The lowest BCUT2D eigenvalue weighted by Gasteiger charge is -2.35. The van der Waals surface area contributed by atoms with E-state index < -0.39 is 0 Å². The Labute approximate surface area is 159 Å². The van der Waals surface area contributed by atoms with Crippen LogP contribution in [0.25, 0.3) is 10.8 Å². The van der Waals surface area contributed by atoms with Gasteiger partial charge < -0.3 is 9.42 Å². The van der Waals surface area contributed by atoms with Crippen molar-refractivity contribution in [2.24, 2.45) is 0 Å². The Bertz CT molecular complexity index is 846. The summed E-state index contributed by atoms with van der Waals surface area (Å²) in [6.45, 7) is 4.10. The van der Waals surface area contributed by atoms with Crippen molar-refractivity contribution in [1.29, 1.82) is 0 Å². The van der Waals surface area contributed by atoms with Gasteiger partial charge >= 0.3 is 0 Å². The molecular formula is C16H15Cl2N5OS. The molecule has 0 aliphatic carbocycles. The van der Waals surface area contributed by atoms with E-state index in [4.69, 9.17) is 27.7 Å². The highest BCUT2D eigenvalue weighted by molar-refractivity contribution is 7.13. The molecule has 3 aromatic heterocycles. The largest absolute Gasteiger partial charge is 0.353 e. The monoisotopic (exact) mass is 395 g/mol. The lowest BCUT2D eigenvalue weighted by Crippen LogP contribution is -2.46. The van der Waals surface area contributed by atoms with Gasteiger partial charge in [-0.05, 0) is 17.5 Å². The van der Waals surface area contributed by atoms with E-state index >= 15 is 0 Å². The van der Waals surface area contributed by atoms with Gasteiger partial charge in [-0.15, -0.1) is 11.3 Å². The van der Waals surface area contributed by atoms with E-state index in [0.717, 1.165) is 36.9 Å². The molecule has 0 amide bonds. The van der Waals surface area contributed by atoms with E-state index in [1.807, 2.05) is 17.5 Å². The minimum Gasteiger partial charge on any atom is -0.353 e. The maximum atomic E-state index is 6.25. The predicted molar refractivity (Wildman–Crippen MR) is 99.4 cm³/mol. The first-order valence-corrected chi connectivity index (χ1v) is 9.47. The topological polar surface area (TPSA) is 58.3 Å². The number of hydrogen-bond acceptors (Lipinski definition) is 7. The van der Waals surface area contributed by atoms with Gasteiger partial charge in [-0.3, -0.25) is 4.90 Å². The van der Waals surface area contributed by atoms with Crippen molar-refractivity contribution in [3.05, 3.63) is 45.6 Å². The first-order chi connectivity index (χ1) is 12.2. The molecule has 3 aromatic rings. The van der Waals surface area contributed by atoms with Crippen LogP contribution in [0.4, 0.5) is 5.82 Å². The number of pyridine rings is 1. The van der Waals surface area contributed by atoms with E-state index in [2.05, 4.69) is 24.9 Å². The quantitative estimate of drug-likeness (QED) is 0.668.